The highest BCUT2D eigenvalue weighted by atomic mass is 16.5. The summed E-state index contributed by atoms with van der Waals surface area (Å²) in [4.78, 5) is 4.38. The van der Waals surface area contributed by atoms with Crippen molar-refractivity contribution in [3.05, 3.63) is 24.1 Å². The summed E-state index contributed by atoms with van der Waals surface area (Å²) in [5, 5.41) is 7.30. The van der Waals surface area contributed by atoms with Crippen LogP contribution < -0.4 is 14.8 Å². The van der Waals surface area contributed by atoms with Gasteiger partial charge in [-0.1, -0.05) is 5.16 Å². The predicted molar refractivity (Wildman–Crippen MR) is 79.4 cm³/mol. The quantitative estimate of drug-likeness (QED) is 0.913. The molecule has 6 heteroatoms. The fourth-order valence-corrected chi connectivity index (χ4v) is 1.76. The molecule has 2 rings (SSSR count). The van der Waals surface area contributed by atoms with E-state index in [4.69, 9.17) is 14.0 Å². The summed E-state index contributed by atoms with van der Waals surface area (Å²) < 4.78 is 15.7. The third-order valence-electron chi connectivity index (χ3n) is 2.88. The van der Waals surface area contributed by atoms with Gasteiger partial charge in [0.25, 0.3) is 0 Å². The Morgan fingerprint density at radius 1 is 1.14 bits per heavy atom. The van der Waals surface area contributed by atoms with Crippen LogP contribution >= 0.6 is 0 Å². The van der Waals surface area contributed by atoms with Crippen LogP contribution in [0.15, 0.2) is 22.7 Å². The van der Waals surface area contributed by atoms with Crippen molar-refractivity contribution in [2.24, 2.45) is 0 Å². The second kappa shape index (κ2) is 6.13. The summed E-state index contributed by atoms with van der Waals surface area (Å²) in [6, 6.07) is 5.51. The zero-order chi connectivity index (χ0) is 15.5. The Hall–Kier alpha value is -2.08. The topological polar surface area (TPSA) is 69.4 Å². The van der Waals surface area contributed by atoms with Crippen LogP contribution in [0.5, 0.6) is 11.5 Å². The maximum Gasteiger partial charge on any atom is 0.240 e. The molecule has 0 aliphatic carbocycles. The zero-order valence-corrected chi connectivity index (χ0v) is 13.1. The molecule has 0 amide bonds. The second-order valence-corrected chi connectivity index (χ2v) is 5.69. The molecule has 0 bridgehead atoms. The lowest BCUT2D eigenvalue weighted by Gasteiger charge is -2.18. The van der Waals surface area contributed by atoms with Crippen LogP contribution in [0.25, 0.3) is 11.4 Å². The number of rotatable bonds is 5. The van der Waals surface area contributed by atoms with Crippen molar-refractivity contribution >= 4 is 0 Å². The first-order valence-corrected chi connectivity index (χ1v) is 6.73. The molecule has 6 nitrogen and oxygen atoms in total. The van der Waals surface area contributed by atoms with Crippen molar-refractivity contribution in [1.82, 2.24) is 15.5 Å². The van der Waals surface area contributed by atoms with Crippen molar-refractivity contribution in [2.45, 2.75) is 32.9 Å². The highest BCUT2D eigenvalue weighted by Gasteiger charge is 2.14. The van der Waals surface area contributed by atoms with Crippen molar-refractivity contribution in [3.8, 4) is 22.9 Å². The minimum atomic E-state index is -0.00202. The average Bonchev–Trinajstić information content (AvgIpc) is 2.92. The summed E-state index contributed by atoms with van der Waals surface area (Å²) in [7, 11) is 3.19. The van der Waals surface area contributed by atoms with Crippen LogP contribution in [0.1, 0.15) is 26.7 Å². The highest BCUT2D eigenvalue weighted by molar-refractivity contribution is 5.60. The van der Waals surface area contributed by atoms with E-state index in [1.165, 1.54) is 0 Å². The fourth-order valence-electron chi connectivity index (χ4n) is 1.76. The van der Waals surface area contributed by atoms with Gasteiger partial charge < -0.3 is 19.3 Å². The molecule has 2 aromatic rings. The van der Waals surface area contributed by atoms with E-state index in [1.807, 2.05) is 18.2 Å². The SMILES string of the molecule is COc1ccc(-c2noc(CNC(C)(C)C)n2)cc1OC. The van der Waals surface area contributed by atoms with Gasteiger partial charge in [0.2, 0.25) is 11.7 Å². The van der Waals surface area contributed by atoms with Gasteiger partial charge in [-0.2, -0.15) is 4.98 Å². The zero-order valence-electron chi connectivity index (χ0n) is 13.1. The summed E-state index contributed by atoms with van der Waals surface area (Å²) in [6.07, 6.45) is 0. The van der Waals surface area contributed by atoms with Crippen LogP contribution in [-0.2, 0) is 6.54 Å². The first-order chi connectivity index (χ1) is 9.93. The second-order valence-electron chi connectivity index (χ2n) is 5.69. The smallest absolute Gasteiger partial charge is 0.240 e. The first-order valence-electron chi connectivity index (χ1n) is 6.73. The Balaban J connectivity index is 2.17. The Morgan fingerprint density at radius 3 is 2.48 bits per heavy atom. The minimum absolute atomic E-state index is 0.00202. The number of nitrogens with one attached hydrogen (secondary N) is 1. The molecule has 1 heterocycles. The van der Waals surface area contributed by atoms with Gasteiger partial charge >= 0.3 is 0 Å². The molecule has 0 unspecified atom stereocenters. The van der Waals surface area contributed by atoms with E-state index < -0.39 is 0 Å². The van der Waals surface area contributed by atoms with E-state index in [0.29, 0.717) is 29.8 Å². The number of hydrogen-bond acceptors (Lipinski definition) is 6. The van der Waals surface area contributed by atoms with Crippen molar-refractivity contribution in [2.75, 3.05) is 14.2 Å². The van der Waals surface area contributed by atoms with Gasteiger partial charge in [0.05, 0.1) is 20.8 Å². The minimum Gasteiger partial charge on any atom is -0.493 e. The number of methoxy groups -OCH3 is 2. The Kier molecular flexibility index (Phi) is 4.47. The average molecular weight is 291 g/mol. The predicted octanol–water partition coefficient (Wildman–Crippen LogP) is 2.64. The van der Waals surface area contributed by atoms with E-state index in [2.05, 4.69) is 36.2 Å². The molecule has 1 N–H and O–H groups in total. The highest BCUT2D eigenvalue weighted by Crippen LogP contribution is 2.31. The number of ether oxygens (including phenoxy) is 2. The van der Waals surface area contributed by atoms with Crippen LogP contribution in [0.4, 0.5) is 0 Å². The summed E-state index contributed by atoms with van der Waals surface area (Å²) >= 11 is 0. The molecule has 21 heavy (non-hydrogen) atoms. The molecule has 0 aliphatic rings. The molecule has 0 saturated heterocycles. The van der Waals surface area contributed by atoms with Gasteiger partial charge in [0.15, 0.2) is 11.5 Å². The molecule has 0 atom stereocenters. The standard InChI is InChI=1S/C15H21N3O3/c1-15(2,3)16-9-13-17-14(18-21-13)10-6-7-11(19-4)12(8-10)20-5/h6-8,16H,9H2,1-5H3. The molecule has 1 aromatic heterocycles. The Morgan fingerprint density at radius 2 is 1.86 bits per heavy atom. The number of hydrogen-bond donors (Lipinski definition) is 1. The van der Waals surface area contributed by atoms with E-state index >= 15 is 0 Å². The Labute approximate surface area is 124 Å². The third kappa shape index (κ3) is 3.95. The lowest BCUT2D eigenvalue weighted by Crippen LogP contribution is -2.35. The first kappa shape index (κ1) is 15.3. The molecule has 114 valence electrons. The van der Waals surface area contributed by atoms with Crippen LogP contribution in [-0.4, -0.2) is 29.9 Å². The van der Waals surface area contributed by atoms with Crippen molar-refractivity contribution < 1.29 is 14.0 Å². The molecular weight excluding hydrogens is 270 g/mol. The van der Waals surface area contributed by atoms with Gasteiger partial charge in [-0.25, -0.2) is 0 Å². The fraction of sp³-hybridized carbons (Fsp3) is 0.467. The largest absolute Gasteiger partial charge is 0.493 e. The summed E-state index contributed by atoms with van der Waals surface area (Å²) in [6.45, 7) is 6.78. The van der Waals surface area contributed by atoms with Crippen molar-refractivity contribution in [1.29, 1.82) is 0 Å². The number of nitrogens with zero attached hydrogens (tertiary/aromatic N) is 2. The van der Waals surface area contributed by atoms with Gasteiger partial charge in [-0.05, 0) is 39.0 Å². The van der Waals surface area contributed by atoms with Crippen LogP contribution in [0.2, 0.25) is 0 Å². The maximum absolute atomic E-state index is 5.27. The normalized spacial score (nSPS) is 11.5. The van der Waals surface area contributed by atoms with Crippen LogP contribution in [0, 0.1) is 0 Å². The molecule has 0 fully saturated rings. The Bertz CT molecular complexity index is 602. The summed E-state index contributed by atoms with van der Waals surface area (Å²) in [5.74, 6) is 2.38. The lowest BCUT2D eigenvalue weighted by molar-refractivity contribution is 0.336. The van der Waals surface area contributed by atoms with Gasteiger partial charge in [-0.15, -0.1) is 0 Å². The lowest BCUT2D eigenvalue weighted by atomic mass is 10.1. The van der Waals surface area contributed by atoms with E-state index in [9.17, 15) is 0 Å². The maximum atomic E-state index is 5.27. The van der Waals surface area contributed by atoms with Gasteiger partial charge in [0, 0.05) is 11.1 Å². The third-order valence-corrected chi connectivity index (χ3v) is 2.88. The number of benzene rings is 1. The van der Waals surface area contributed by atoms with Crippen LogP contribution in [0.3, 0.4) is 0 Å². The molecule has 0 aliphatic heterocycles. The van der Waals surface area contributed by atoms with E-state index in [0.717, 1.165) is 5.56 Å². The van der Waals surface area contributed by atoms with Gasteiger partial charge in [-0.3, -0.25) is 0 Å². The molecule has 0 spiro atoms. The van der Waals surface area contributed by atoms with Crippen molar-refractivity contribution in [3.63, 3.8) is 0 Å². The summed E-state index contributed by atoms with van der Waals surface area (Å²) in [5.41, 5.74) is 0.816. The monoisotopic (exact) mass is 291 g/mol. The molecular formula is C15H21N3O3. The molecule has 1 aromatic carbocycles. The number of aromatic nitrogens is 2. The van der Waals surface area contributed by atoms with Gasteiger partial charge in [0.1, 0.15) is 0 Å². The van der Waals surface area contributed by atoms with E-state index in [1.54, 1.807) is 14.2 Å². The molecule has 0 saturated carbocycles. The van der Waals surface area contributed by atoms with E-state index in [-0.39, 0.29) is 5.54 Å². The molecule has 0 radical (unpaired) electrons.